The number of carbonyl (C=O) groups is 1. The minimum Gasteiger partial charge on any atom is -0.381 e. The van der Waals surface area contributed by atoms with E-state index in [0.717, 1.165) is 45.6 Å². The molecule has 0 bridgehead atoms. The van der Waals surface area contributed by atoms with E-state index in [2.05, 4.69) is 31.0 Å². The molecule has 2 heterocycles. The molecule has 1 N–H and O–H groups in total. The lowest BCUT2D eigenvalue weighted by molar-refractivity contribution is -0.131. The van der Waals surface area contributed by atoms with Gasteiger partial charge in [0.1, 0.15) is 0 Å². The first kappa shape index (κ1) is 16.8. The highest BCUT2D eigenvalue weighted by atomic mass is 16.5. The van der Waals surface area contributed by atoms with Gasteiger partial charge in [-0.15, -0.1) is 0 Å². The normalized spacial score (nSPS) is 29.5. The predicted molar refractivity (Wildman–Crippen MR) is 85.1 cm³/mol. The number of hydrogen-bond donors (Lipinski definition) is 1. The van der Waals surface area contributed by atoms with Gasteiger partial charge in [0.2, 0.25) is 5.91 Å². The van der Waals surface area contributed by atoms with E-state index in [4.69, 9.17) is 4.74 Å². The van der Waals surface area contributed by atoms with Crippen LogP contribution in [0.1, 0.15) is 46.5 Å². The van der Waals surface area contributed by atoms with Crippen molar-refractivity contribution in [3.8, 4) is 0 Å². The number of rotatable bonds is 4. The maximum absolute atomic E-state index is 12.4. The van der Waals surface area contributed by atoms with Gasteiger partial charge in [-0.05, 0) is 37.6 Å². The number of ether oxygens (including phenoxy) is 1. The van der Waals surface area contributed by atoms with Crippen molar-refractivity contribution in [2.24, 2.45) is 17.3 Å². The Bertz CT molecular complexity index is 345. The smallest absolute Gasteiger partial charge is 0.222 e. The minimum atomic E-state index is 0.304. The number of likely N-dealkylation sites (tertiary alicyclic amines) is 1. The van der Waals surface area contributed by atoms with Gasteiger partial charge < -0.3 is 15.0 Å². The van der Waals surface area contributed by atoms with E-state index in [1.807, 2.05) is 7.05 Å². The Balaban J connectivity index is 1.94. The van der Waals surface area contributed by atoms with Crippen molar-refractivity contribution in [1.29, 1.82) is 0 Å². The SMILES string of the molecule is CNC(CN1CCC(C(C)(C)C)CCC1=O)C1CCOC1. The molecular weight excluding hydrogens is 264 g/mol. The first-order chi connectivity index (χ1) is 9.91. The van der Waals surface area contributed by atoms with E-state index in [-0.39, 0.29) is 0 Å². The van der Waals surface area contributed by atoms with Crippen LogP contribution in [0.15, 0.2) is 0 Å². The Morgan fingerprint density at radius 3 is 2.67 bits per heavy atom. The molecule has 0 aliphatic carbocycles. The zero-order valence-corrected chi connectivity index (χ0v) is 14.2. The molecule has 1 amide bonds. The average Bonchev–Trinajstić information content (AvgIpc) is 2.87. The Morgan fingerprint density at radius 1 is 1.33 bits per heavy atom. The van der Waals surface area contributed by atoms with Gasteiger partial charge in [0, 0.05) is 38.1 Å². The van der Waals surface area contributed by atoms with Gasteiger partial charge in [-0.3, -0.25) is 4.79 Å². The lowest BCUT2D eigenvalue weighted by atomic mass is 9.77. The van der Waals surface area contributed by atoms with Crippen LogP contribution in [0.3, 0.4) is 0 Å². The molecule has 2 saturated heterocycles. The predicted octanol–water partition coefficient (Wildman–Crippen LogP) is 2.29. The van der Waals surface area contributed by atoms with Crippen LogP contribution in [0.5, 0.6) is 0 Å². The van der Waals surface area contributed by atoms with E-state index >= 15 is 0 Å². The van der Waals surface area contributed by atoms with Crippen LogP contribution in [0.25, 0.3) is 0 Å². The highest BCUT2D eigenvalue weighted by Gasteiger charge is 2.32. The summed E-state index contributed by atoms with van der Waals surface area (Å²) >= 11 is 0. The Morgan fingerprint density at radius 2 is 2.10 bits per heavy atom. The van der Waals surface area contributed by atoms with Gasteiger partial charge in [0.05, 0.1) is 6.61 Å². The fraction of sp³-hybridized carbons (Fsp3) is 0.941. The maximum Gasteiger partial charge on any atom is 0.222 e. The molecule has 0 aromatic carbocycles. The number of nitrogens with zero attached hydrogens (tertiary/aromatic N) is 1. The third kappa shape index (κ3) is 4.43. The van der Waals surface area contributed by atoms with E-state index in [1.165, 1.54) is 0 Å². The number of likely N-dealkylation sites (N-methyl/N-ethyl adjacent to an activating group) is 1. The van der Waals surface area contributed by atoms with Gasteiger partial charge in [0.25, 0.3) is 0 Å². The van der Waals surface area contributed by atoms with Gasteiger partial charge in [-0.2, -0.15) is 0 Å². The first-order valence-electron chi connectivity index (χ1n) is 8.44. The summed E-state index contributed by atoms with van der Waals surface area (Å²) < 4.78 is 5.50. The summed E-state index contributed by atoms with van der Waals surface area (Å²) in [6.07, 6.45) is 3.99. The molecule has 4 nitrogen and oxygen atoms in total. The molecule has 0 aromatic heterocycles. The largest absolute Gasteiger partial charge is 0.381 e. The molecule has 0 saturated carbocycles. The van der Waals surface area contributed by atoms with Crippen molar-refractivity contribution in [1.82, 2.24) is 10.2 Å². The second-order valence-corrected chi connectivity index (χ2v) is 7.75. The van der Waals surface area contributed by atoms with Crippen LogP contribution in [0.4, 0.5) is 0 Å². The van der Waals surface area contributed by atoms with Crippen LogP contribution < -0.4 is 5.32 Å². The van der Waals surface area contributed by atoms with E-state index in [0.29, 0.717) is 35.6 Å². The number of nitrogens with one attached hydrogen (secondary N) is 1. The second-order valence-electron chi connectivity index (χ2n) is 7.75. The fourth-order valence-electron chi connectivity index (χ4n) is 3.68. The molecule has 0 spiro atoms. The number of amides is 1. The molecule has 3 unspecified atom stereocenters. The van der Waals surface area contributed by atoms with E-state index < -0.39 is 0 Å². The third-order valence-corrected chi connectivity index (χ3v) is 5.35. The van der Waals surface area contributed by atoms with Crippen LogP contribution in [0.2, 0.25) is 0 Å². The molecule has 0 radical (unpaired) electrons. The van der Waals surface area contributed by atoms with Gasteiger partial charge in [-0.1, -0.05) is 20.8 Å². The van der Waals surface area contributed by atoms with Gasteiger partial charge >= 0.3 is 0 Å². The minimum absolute atomic E-state index is 0.304. The number of hydrogen-bond acceptors (Lipinski definition) is 3. The lowest BCUT2D eigenvalue weighted by Gasteiger charge is -2.31. The van der Waals surface area contributed by atoms with E-state index in [1.54, 1.807) is 0 Å². The zero-order chi connectivity index (χ0) is 15.5. The summed E-state index contributed by atoms with van der Waals surface area (Å²) in [5.41, 5.74) is 0.304. The topological polar surface area (TPSA) is 41.6 Å². The Kier molecular flexibility index (Phi) is 5.67. The summed E-state index contributed by atoms with van der Waals surface area (Å²) in [7, 11) is 2.00. The molecule has 2 aliphatic rings. The number of carbonyl (C=O) groups excluding carboxylic acids is 1. The van der Waals surface area contributed by atoms with Crippen molar-refractivity contribution >= 4 is 5.91 Å². The first-order valence-corrected chi connectivity index (χ1v) is 8.44. The maximum atomic E-state index is 12.4. The Labute approximate surface area is 129 Å². The van der Waals surface area contributed by atoms with Crippen molar-refractivity contribution in [2.75, 3.05) is 33.4 Å². The Hall–Kier alpha value is -0.610. The van der Waals surface area contributed by atoms with Crippen molar-refractivity contribution in [2.45, 2.75) is 52.5 Å². The monoisotopic (exact) mass is 296 g/mol. The summed E-state index contributed by atoms with van der Waals surface area (Å²) in [6, 6.07) is 0.364. The van der Waals surface area contributed by atoms with Gasteiger partial charge in [-0.25, -0.2) is 0 Å². The highest BCUT2D eigenvalue weighted by molar-refractivity contribution is 5.76. The zero-order valence-electron chi connectivity index (χ0n) is 14.2. The molecule has 3 atom stereocenters. The van der Waals surface area contributed by atoms with Crippen LogP contribution in [-0.2, 0) is 9.53 Å². The average molecular weight is 296 g/mol. The van der Waals surface area contributed by atoms with Gasteiger partial charge in [0.15, 0.2) is 0 Å². The molecule has 4 heteroatoms. The van der Waals surface area contributed by atoms with E-state index in [9.17, 15) is 4.79 Å². The third-order valence-electron chi connectivity index (χ3n) is 5.35. The van der Waals surface area contributed by atoms with Crippen molar-refractivity contribution < 1.29 is 9.53 Å². The summed E-state index contributed by atoms with van der Waals surface area (Å²) in [4.78, 5) is 14.5. The molecular formula is C17H32N2O2. The molecule has 2 fully saturated rings. The molecule has 2 rings (SSSR count). The molecule has 2 aliphatic heterocycles. The summed E-state index contributed by atoms with van der Waals surface area (Å²) in [5, 5.41) is 3.40. The van der Waals surface area contributed by atoms with Crippen LogP contribution >= 0.6 is 0 Å². The molecule has 21 heavy (non-hydrogen) atoms. The quantitative estimate of drug-likeness (QED) is 0.865. The summed E-state index contributed by atoms with van der Waals surface area (Å²) in [5.74, 6) is 1.53. The van der Waals surface area contributed by atoms with Crippen LogP contribution in [-0.4, -0.2) is 50.2 Å². The van der Waals surface area contributed by atoms with Crippen molar-refractivity contribution in [3.05, 3.63) is 0 Å². The van der Waals surface area contributed by atoms with Crippen LogP contribution in [0, 0.1) is 17.3 Å². The second kappa shape index (κ2) is 7.10. The molecule has 0 aromatic rings. The fourth-order valence-corrected chi connectivity index (χ4v) is 3.68. The highest BCUT2D eigenvalue weighted by Crippen LogP contribution is 2.34. The molecule has 122 valence electrons. The summed E-state index contributed by atoms with van der Waals surface area (Å²) in [6.45, 7) is 10.3. The van der Waals surface area contributed by atoms with Crippen molar-refractivity contribution in [3.63, 3.8) is 0 Å². The lowest BCUT2D eigenvalue weighted by Crippen LogP contribution is -2.46. The standard InChI is InChI=1S/C17H32N2O2/c1-17(2,3)14-5-6-16(20)19(9-7-14)11-15(18-4)13-8-10-21-12-13/h13-15,18H,5-12H2,1-4H3.